The molecule has 126 valence electrons. The van der Waals surface area contributed by atoms with Crippen LogP contribution in [-0.4, -0.2) is 48.2 Å². The molecule has 1 aromatic rings. The molecule has 0 bridgehead atoms. The van der Waals surface area contributed by atoms with Gasteiger partial charge in [0.1, 0.15) is 0 Å². The van der Waals surface area contributed by atoms with Gasteiger partial charge in [-0.25, -0.2) is 0 Å². The fraction of sp³-hybridized carbons (Fsp3) is 0.471. The number of benzene rings is 1. The first-order chi connectivity index (χ1) is 10.8. The Morgan fingerprint density at radius 3 is 2.35 bits per heavy atom. The number of carbonyl (C=O) groups is 3. The van der Waals surface area contributed by atoms with Gasteiger partial charge in [0.2, 0.25) is 11.8 Å². The van der Waals surface area contributed by atoms with Gasteiger partial charge < -0.3 is 10.6 Å². The van der Waals surface area contributed by atoms with E-state index < -0.39 is 0 Å². The minimum absolute atomic E-state index is 0.0540. The van der Waals surface area contributed by atoms with Crippen molar-refractivity contribution in [2.24, 2.45) is 0 Å². The molecular weight excluding hydrogens is 294 g/mol. The van der Waals surface area contributed by atoms with Gasteiger partial charge in [-0.1, -0.05) is 19.1 Å². The van der Waals surface area contributed by atoms with Crippen molar-refractivity contribution in [3.63, 3.8) is 0 Å². The van der Waals surface area contributed by atoms with E-state index in [2.05, 4.69) is 10.6 Å². The SMILES string of the molecule is CCN(CC(=O)Nc1cccc(C(C)=O)c1)CC(=O)NC(C)C. The van der Waals surface area contributed by atoms with Gasteiger partial charge >= 0.3 is 0 Å². The molecule has 0 heterocycles. The summed E-state index contributed by atoms with van der Waals surface area (Å²) in [4.78, 5) is 37.0. The van der Waals surface area contributed by atoms with Crippen LogP contribution in [0.2, 0.25) is 0 Å². The summed E-state index contributed by atoms with van der Waals surface area (Å²) in [7, 11) is 0. The number of nitrogens with zero attached hydrogens (tertiary/aromatic N) is 1. The number of carbonyl (C=O) groups excluding carboxylic acids is 3. The molecule has 1 rings (SSSR count). The van der Waals surface area contributed by atoms with Crippen molar-refractivity contribution >= 4 is 23.3 Å². The van der Waals surface area contributed by atoms with Crippen molar-refractivity contribution in [3.05, 3.63) is 29.8 Å². The molecule has 0 saturated carbocycles. The van der Waals surface area contributed by atoms with E-state index in [0.717, 1.165) is 0 Å². The number of hydrogen-bond acceptors (Lipinski definition) is 4. The molecule has 0 aliphatic heterocycles. The van der Waals surface area contributed by atoms with E-state index in [-0.39, 0.29) is 36.7 Å². The molecule has 0 radical (unpaired) electrons. The summed E-state index contributed by atoms with van der Waals surface area (Å²) in [5, 5.41) is 5.55. The third-order valence-corrected chi connectivity index (χ3v) is 3.18. The van der Waals surface area contributed by atoms with Crippen molar-refractivity contribution in [2.75, 3.05) is 25.0 Å². The number of ketones is 1. The lowest BCUT2D eigenvalue weighted by atomic mass is 10.1. The predicted octanol–water partition coefficient (Wildman–Crippen LogP) is 1.67. The van der Waals surface area contributed by atoms with Crippen LogP contribution in [-0.2, 0) is 9.59 Å². The molecule has 1 aromatic carbocycles. The first-order valence-corrected chi connectivity index (χ1v) is 7.74. The zero-order valence-electron chi connectivity index (χ0n) is 14.2. The van der Waals surface area contributed by atoms with E-state index >= 15 is 0 Å². The second-order valence-electron chi connectivity index (χ2n) is 5.71. The van der Waals surface area contributed by atoms with E-state index in [0.29, 0.717) is 17.8 Å². The Hall–Kier alpha value is -2.21. The van der Waals surface area contributed by atoms with Crippen LogP contribution < -0.4 is 10.6 Å². The minimum Gasteiger partial charge on any atom is -0.353 e. The van der Waals surface area contributed by atoms with Crippen molar-refractivity contribution < 1.29 is 14.4 Å². The Morgan fingerprint density at radius 2 is 1.78 bits per heavy atom. The lowest BCUT2D eigenvalue weighted by molar-refractivity contribution is -0.123. The van der Waals surface area contributed by atoms with Gasteiger partial charge in [-0.2, -0.15) is 0 Å². The molecule has 0 spiro atoms. The van der Waals surface area contributed by atoms with Crippen LogP contribution in [0.25, 0.3) is 0 Å². The second kappa shape index (κ2) is 9.05. The van der Waals surface area contributed by atoms with E-state index in [9.17, 15) is 14.4 Å². The monoisotopic (exact) mass is 319 g/mol. The maximum Gasteiger partial charge on any atom is 0.238 e. The first-order valence-electron chi connectivity index (χ1n) is 7.74. The molecule has 0 aromatic heterocycles. The highest BCUT2D eigenvalue weighted by atomic mass is 16.2. The number of likely N-dealkylation sites (N-methyl/N-ethyl adjacent to an activating group) is 1. The molecule has 23 heavy (non-hydrogen) atoms. The summed E-state index contributed by atoms with van der Waals surface area (Å²) in [6.07, 6.45) is 0. The summed E-state index contributed by atoms with van der Waals surface area (Å²) in [5.74, 6) is -0.375. The van der Waals surface area contributed by atoms with Crippen LogP contribution in [0.1, 0.15) is 38.1 Å². The highest BCUT2D eigenvalue weighted by Gasteiger charge is 2.14. The minimum atomic E-state index is -0.218. The fourth-order valence-corrected chi connectivity index (χ4v) is 2.07. The largest absolute Gasteiger partial charge is 0.353 e. The fourth-order valence-electron chi connectivity index (χ4n) is 2.07. The van der Waals surface area contributed by atoms with Crippen molar-refractivity contribution in [2.45, 2.75) is 33.7 Å². The van der Waals surface area contributed by atoms with Crippen molar-refractivity contribution in [3.8, 4) is 0 Å². The maximum atomic E-state index is 12.1. The average Bonchev–Trinajstić information content (AvgIpc) is 2.45. The molecule has 0 saturated heterocycles. The van der Waals surface area contributed by atoms with E-state index in [1.54, 1.807) is 29.2 Å². The number of hydrogen-bond donors (Lipinski definition) is 2. The molecular formula is C17H25N3O3. The van der Waals surface area contributed by atoms with Gasteiger partial charge in [-0.15, -0.1) is 0 Å². The molecule has 6 nitrogen and oxygen atoms in total. The van der Waals surface area contributed by atoms with Gasteiger partial charge in [0.15, 0.2) is 5.78 Å². The number of Topliss-reactive ketones (excluding diaryl/α,β-unsaturated/α-hetero) is 1. The first kappa shape index (κ1) is 18.8. The molecule has 2 amide bonds. The summed E-state index contributed by atoms with van der Waals surface area (Å²) < 4.78 is 0. The van der Waals surface area contributed by atoms with Crippen LogP contribution >= 0.6 is 0 Å². The topological polar surface area (TPSA) is 78.5 Å². The molecule has 2 N–H and O–H groups in total. The Bertz CT molecular complexity index is 570. The Kier molecular flexibility index (Phi) is 7.41. The molecule has 0 atom stereocenters. The van der Waals surface area contributed by atoms with Crippen LogP contribution in [0.4, 0.5) is 5.69 Å². The van der Waals surface area contributed by atoms with Crippen LogP contribution in [0, 0.1) is 0 Å². The number of nitrogens with one attached hydrogen (secondary N) is 2. The summed E-state index contributed by atoms with van der Waals surface area (Å²) in [6.45, 7) is 8.04. The smallest absolute Gasteiger partial charge is 0.238 e. The third kappa shape index (κ3) is 7.06. The summed E-state index contributed by atoms with van der Waals surface area (Å²) in [5.41, 5.74) is 1.12. The Labute approximate surface area is 137 Å². The van der Waals surface area contributed by atoms with Crippen LogP contribution in [0.15, 0.2) is 24.3 Å². The summed E-state index contributed by atoms with van der Waals surface area (Å²) >= 11 is 0. The highest BCUT2D eigenvalue weighted by Crippen LogP contribution is 2.11. The van der Waals surface area contributed by atoms with Gasteiger partial charge in [-0.05, 0) is 39.4 Å². The van der Waals surface area contributed by atoms with Crippen LogP contribution in [0.5, 0.6) is 0 Å². The van der Waals surface area contributed by atoms with E-state index in [1.165, 1.54) is 6.92 Å². The maximum absolute atomic E-state index is 12.1. The van der Waals surface area contributed by atoms with Crippen molar-refractivity contribution in [1.29, 1.82) is 0 Å². The van der Waals surface area contributed by atoms with Crippen LogP contribution in [0.3, 0.4) is 0 Å². The number of amides is 2. The molecule has 6 heteroatoms. The number of anilines is 1. The predicted molar refractivity (Wildman–Crippen MR) is 90.5 cm³/mol. The van der Waals surface area contributed by atoms with Gasteiger partial charge in [0.25, 0.3) is 0 Å². The number of rotatable bonds is 8. The van der Waals surface area contributed by atoms with Crippen molar-refractivity contribution in [1.82, 2.24) is 10.2 Å². The molecule has 0 aliphatic rings. The second-order valence-corrected chi connectivity index (χ2v) is 5.71. The van der Waals surface area contributed by atoms with E-state index in [1.807, 2.05) is 20.8 Å². The zero-order valence-corrected chi connectivity index (χ0v) is 14.2. The molecule has 0 fully saturated rings. The Morgan fingerprint density at radius 1 is 1.13 bits per heavy atom. The zero-order chi connectivity index (χ0) is 17.4. The lowest BCUT2D eigenvalue weighted by Gasteiger charge is -2.20. The van der Waals surface area contributed by atoms with E-state index in [4.69, 9.17) is 0 Å². The molecule has 0 aliphatic carbocycles. The average molecular weight is 319 g/mol. The summed E-state index contributed by atoms with van der Waals surface area (Å²) in [6, 6.07) is 6.87. The Balaban J connectivity index is 2.58. The van der Waals surface area contributed by atoms with Gasteiger partial charge in [0.05, 0.1) is 13.1 Å². The molecule has 0 unspecified atom stereocenters. The quantitative estimate of drug-likeness (QED) is 0.715. The third-order valence-electron chi connectivity index (χ3n) is 3.18. The highest BCUT2D eigenvalue weighted by molar-refractivity contribution is 5.97. The lowest BCUT2D eigenvalue weighted by Crippen LogP contribution is -2.42. The normalized spacial score (nSPS) is 10.7. The van der Waals surface area contributed by atoms with Gasteiger partial charge in [0, 0.05) is 17.3 Å². The van der Waals surface area contributed by atoms with Gasteiger partial charge in [-0.3, -0.25) is 19.3 Å². The standard InChI is InChI=1S/C17H25N3O3/c1-5-20(10-16(22)18-12(2)3)11-17(23)19-15-8-6-7-14(9-15)13(4)21/h6-9,12H,5,10-11H2,1-4H3,(H,18,22)(H,19,23).